The van der Waals surface area contributed by atoms with Crippen LogP contribution in [0.3, 0.4) is 0 Å². The average molecular weight is 750 g/mol. The number of aliphatic hydroxyl groups is 1. The number of unbranched alkanes of at least 4 members (excludes halogenated alkanes) is 1. The molecule has 0 radical (unpaired) electrons. The Bertz CT molecular complexity index is 1630. The molecule has 2 aromatic carbocycles. The monoisotopic (exact) mass is 748 g/mol. The number of likely N-dealkylation sites (tertiary alicyclic amines) is 1. The van der Waals surface area contributed by atoms with E-state index in [2.05, 4.69) is 40.0 Å². The number of hydrogen-bond donors (Lipinski definition) is 2. The number of esters is 1. The minimum atomic E-state index is -1.40. The van der Waals surface area contributed by atoms with Crippen molar-refractivity contribution in [2.45, 2.75) is 63.3 Å². The summed E-state index contributed by atoms with van der Waals surface area (Å²) in [6.45, 7) is 6.11. The smallest absolute Gasteiger partial charge is 0.306 e. The highest BCUT2D eigenvalue weighted by molar-refractivity contribution is 9.11. The van der Waals surface area contributed by atoms with E-state index in [-0.39, 0.29) is 44.5 Å². The summed E-state index contributed by atoms with van der Waals surface area (Å²) in [4.78, 5) is 62.1. The van der Waals surface area contributed by atoms with Gasteiger partial charge in [-0.05, 0) is 69.0 Å². The summed E-state index contributed by atoms with van der Waals surface area (Å²) in [5.74, 6) is -3.42. The maximum atomic E-state index is 15.1. The number of nitrogens with one attached hydrogen (secondary N) is 1. The summed E-state index contributed by atoms with van der Waals surface area (Å²) in [7, 11) is 0. The van der Waals surface area contributed by atoms with Crippen molar-refractivity contribution in [2.75, 3.05) is 49.2 Å². The van der Waals surface area contributed by atoms with Gasteiger partial charge in [0.05, 0.1) is 17.9 Å². The minimum Gasteiger partial charge on any atom is -0.463 e. The molecule has 4 aliphatic heterocycles. The molecule has 2 aromatic rings. The third-order valence-electron chi connectivity index (χ3n) is 10.2. The van der Waals surface area contributed by atoms with Crippen LogP contribution in [0.1, 0.15) is 51.1 Å². The number of halogens is 1. The van der Waals surface area contributed by atoms with E-state index >= 15 is 4.79 Å². The quantitative estimate of drug-likeness (QED) is 0.221. The number of nitrogens with zero attached hydrogens (tertiary/aromatic N) is 3. The van der Waals surface area contributed by atoms with Gasteiger partial charge in [-0.1, -0.05) is 58.4 Å². The van der Waals surface area contributed by atoms with Crippen molar-refractivity contribution in [2.24, 2.45) is 11.8 Å². The predicted octanol–water partition coefficient (Wildman–Crippen LogP) is 4.26. The summed E-state index contributed by atoms with van der Waals surface area (Å²) >= 11 is 3.63. The zero-order chi connectivity index (χ0) is 35.4. The van der Waals surface area contributed by atoms with Crippen LogP contribution in [-0.4, -0.2) is 90.8 Å². The zero-order valence-corrected chi connectivity index (χ0v) is 30.1. The van der Waals surface area contributed by atoms with Crippen LogP contribution in [0.15, 0.2) is 77.3 Å². The topological polar surface area (TPSA) is 129 Å². The second kappa shape index (κ2) is 15.5. The van der Waals surface area contributed by atoms with Crippen LogP contribution in [-0.2, 0) is 28.7 Å². The van der Waals surface area contributed by atoms with Crippen LogP contribution in [0.2, 0.25) is 0 Å². The second-order valence-corrected chi connectivity index (χ2v) is 14.0. The van der Waals surface area contributed by atoms with Crippen molar-refractivity contribution >= 4 is 51.0 Å². The number of hydrogen-bond acceptors (Lipinski definition) is 8. The fraction of sp³-hybridized carbons (Fsp3) is 0.474. The van der Waals surface area contributed by atoms with Crippen LogP contribution in [0.4, 0.5) is 11.4 Å². The highest BCUT2D eigenvalue weighted by Crippen LogP contribution is 2.58. The first kappa shape index (κ1) is 35.8. The minimum absolute atomic E-state index is 0.0501. The van der Waals surface area contributed by atoms with Gasteiger partial charge < -0.3 is 34.6 Å². The van der Waals surface area contributed by atoms with Gasteiger partial charge in [0.25, 0.3) is 5.91 Å². The van der Waals surface area contributed by atoms with Crippen molar-refractivity contribution in [1.82, 2.24) is 10.2 Å². The van der Waals surface area contributed by atoms with Crippen LogP contribution >= 0.6 is 15.9 Å². The van der Waals surface area contributed by atoms with Crippen LogP contribution < -0.4 is 15.1 Å². The molecule has 4 aliphatic rings. The molecule has 6 atom stereocenters. The Hall–Kier alpha value is -4.00. The molecule has 2 N–H and O–H groups in total. The van der Waals surface area contributed by atoms with E-state index in [0.717, 1.165) is 24.3 Å². The molecule has 6 rings (SSSR count). The first-order valence-corrected chi connectivity index (χ1v) is 18.3. The lowest BCUT2D eigenvalue weighted by molar-refractivity contribution is -0.145. The van der Waals surface area contributed by atoms with Crippen molar-refractivity contribution in [3.8, 4) is 0 Å². The molecule has 5 bridgehead atoms. The second-order valence-electron chi connectivity index (χ2n) is 13.1. The van der Waals surface area contributed by atoms with Crippen LogP contribution in [0, 0.1) is 11.8 Å². The van der Waals surface area contributed by atoms with E-state index in [9.17, 15) is 19.5 Å². The van der Waals surface area contributed by atoms with Gasteiger partial charge in [-0.3, -0.25) is 19.2 Å². The third-order valence-corrected chi connectivity index (χ3v) is 10.9. The number of cyclic esters (lactones) is 1. The number of amides is 3. The lowest BCUT2D eigenvalue weighted by atomic mass is 9.74. The van der Waals surface area contributed by atoms with Crippen LogP contribution in [0.25, 0.3) is 0 Å². The van der Waals surface area contributed by atoms with E-state index < -0.39 is 47.5 Å². The predicted molar refractivity (Wildman–Crippen MR) is 192 cm³/mol. The molecular formula is C38H45BrN4O7. The summed E-state index contributed by atoms with van der Waals surface area (Å²) < 4.78 is 12.9. The molecule has 0 saturated carbocycles. The maximum Gasteiger partial charge on any atom is 0.306 e. The molecule has 0 unspecified atom stereocenters. The highest BCUT2D eigenvalue weighted by atomic mass is 79.9. The lowest BCUT2D eigenvalue weighted by Gasteiger charge is -2.36. The molecular weight excluding hydrogens is 704 g/mol. The SMILES string of the molecule is CCN(CC)c1ccc(N2C/C=C\CCC(=O)OC[C@@H](c3ccccc3)NC(=O)[C@@H]3[C@H]4O[C@@]5(C=C4Br)[C@H](C2=O)N(CCCCO)C(=O)[C@@H]35)cc1. The average Bonchev–Trinajstić information content (AvgIpc) is 3.72. The van der Waals surface area contributed by atoms with Gasteiger partial charge >= 0.3 is 5.97 Å². The van der Waals surface area contributed by atoms with E-state index in [1.165, 1.54) is 0 Å². The van der Waals surface area contributed by atoms with Gasteiger partial charge in [-0.2, -0.15) is 0 Å². The third kappa shape index (κ3) is 6.72. The largest absolute Gasteiger partial charge is 0.463 e. The van der Waals surface area contributed by atoms with Gasteiger partial charge in [-0.25, -0.2) is 0 Å². The molecule has 1 spiro atoms. The molecule has 3 amide bonds. The normalized spacial score (nSPS) is 29.0. The summed E-state index contributed by atoms with van der Waals surface area (Å²) in [5, 5.41) is 12.6. The Kier molecular flexibility index (Phi) is 11.1. The summed E-state index contributed by atoms with van der Waals surface area (Å²) in [5.41, 5.74) is 1.02. The van der Waals surface area contributed by atoms with Gasteiger partial charge in [-0.15, -0.1) is 0 Å². The van der Waals surface area contributed by atoms with E-state index in [1.807, 2.05) is 66.7 Å². The lowest BCUT2D eigenvalue weighted by Crippen LogP contribution is -2.56. The van der Waals surface area contributed by atoms with Gasteiger partial charge in [0.1, 0.15) is 24.4 Å². The highest BCUT2D eigenvalue weighted by Gasteiger charge is 2.74. The number of benzene rings is 2. The number of ether oxygens (including phenoxy) is 2. The first-order chi connectivity index (χ1) is 24.2. The molecule has 0 aliphatic carbocycles. The molecule has 266 valence electrons. The molecule has 2 fully saturated rings. The van der Waals surface area contributed by atoms with Crippen molar-refractivity contribution in [1.29, 1.82) is 0 Å². The Morgan fingerprint density at radius 2 is 1.72 bits per heavy atom. The molecule has 50 heavy (non-hydrogen) atoms. The number of fused-ring (bicyclic) bond motifs is 2. The van der Waals surface area contributed by atoms with Crippen molar-refractivity contribution in [3.63, 3.8) is 0 Å². The molecule has 12 heteroatoms. The molecule has 0 aromatic heterocycles. The maximum absolute atomic E-state index is 15.1. The van der Waals surface area contributed by atoms with E-state index in [0.29, 0.717) is 29.4 Å². The fourth-order valence-electron chi connectivity index (χ4n) is 7.75. The molecule has 2 saturated heterocycles. The summed E-state index contributed by atoms with van der Waals surface area (Å²) in [6.07, 6.45) is 6.18. The van der Waals surface area contributed by atoms with Gasteiger partial charge in [0.2, 0.25) is 11.8 Å². The van der Waals surface area contributed by atoms with Gasteiger partial charge in [0.15, 0.2) is 0 Å². The first-order valence-electron chi connectivity index (χ1n) is 17.5. The molecule has 4 heterocycles. The number of allylic oxidation sites excluding steroid dienone is 1. The number of aliphatic hydroxyl groups excluding tert-OH is 1. The standard InChI is InChI=1S/C38H45BrN4O7/c1-3-41(4-2)26-16-18-27(19-17-26)42-20-10-6-9-15-30(45)49-24-29(25-13-7-5-8-14-25)40-35(46)31-32-36(47)43(21-11-12-22-44)34(37(42)48)38(32)23-28(39)33(31)50-38/h5-8,10,13-14,16-19,23,29,31-34,44H,3-4,9,11-12,15,20-22,24H2,1-2H3,(H,40,46)/b10-6-/t29-,31-,32+,33-,34-,38+/m0/s1. The zero-order valence-electron chi connectivity index (χ0n) is 28.5. The fourth-order valence-corrected chi connectivity index (χ4v) is 8.49. The van der Waals surface area contributed by atoms with E-state index in [1.54, 1.807) is 15.9 Å². The number of anilines is 2. The Morgan fingerprint density at radius 1 is 0.980 bits per heavy atom. The Labute approximate surface area is 301 Å². The molecule has 11 nitrogen and oxygen atoms in total. The van der Waals surface area contributed by atoms with Crippen molar-refractivity contribution in [3.05, 3.63) is 82.9 Å². The number of carbonyl (C=O) groups is 4. The van der Waals surface area contributed by atoms with Crippen LogP contribution in [0.5, 0.6) is 0 Å². The Balaban J connectivity index is 1.43. The van der Waals surface area contributed by atoms with Gasteiger partial charge in [0, 0.05) is 55.1 Å². The summed E-state index contributed by atoms with van der Waals surface area (Å²) in [6, 6.07) is 15.3. The van der Waals surface area contributed by atoms with Crippen molar-refractivity contribution < 1.29 is 33.8 Å². The Morgan fingerprint density at radius 3 is 2.42 bits per heavy atom. The van der Waals surface area contributed by atoms with E-state index in [4.69, 9.17) is 9.47 Å². The number of rotatable bonds is 9. The number of carbonyl (C=O) groups excluding carboxylic acids is 4.